The maximum Gasteiger partial charge on any atom is 0.0595 e. The van der Waals surface area contributed by atoms with Gasteiger partial charge < -0.3 is 0 Å². The van der Waals surface area contributed by atoms with Gasteiger partial charge in [-0.05, 0) is 31.2 Å². The second kappa shape index (κ2) is 5.86. The molecule has 4 heteroatoms. The highest BCUT2D eigenvalue weighted by atomic mass is 35.5. The van der Waals surface area contributed by atoms with Crippen LogP contribution in [-0.2, 0) is 6.42 Å². The molecule has 1 aromatic rings. The number of benzene rings is 1. The van der Waals surface area contributed by atoms with Crippen LogP contribution in [0.3, 0.4) is 0 Å². The van der Waals surface area contributed by atoms with Crippen LogP contribution in [0.25, 0.3) is 0 Å². The lowest BCUT2D eigenvalue weighted by atomic mass is 10.1. The standard InChI is InChI=1S/C10H13Cl2NS/c1-13(7-14)5-4-8-2-3-9(11)10(12)6-8/h2-3,6,14H,4-5,7H2,1H3. The molecule has 0 aliphatic rings. The first kappa shape index (κ1) is 12.2. The zero-order valence-electron chi connectivity index (χ0n) is 8.00. The minimum absolute atomic E-state index is 0.609. The van der Waals surface area contributed by atoms with Crippen LogP contribution >= 0.6 is 35.8 Å². The summed E-state index contributed by atoms with van der Waals surface area (Å²) < 4.78 is 0. The van der Waals surface area contributed by atoms with Gasteiger partial charge in [-0.2, -0.15) is 12.6 Å². The molecule has 1 nitrogen and oxygen atoms in total. The molecule has 0 aromatic heterocycles. The van der Waals surface area contributed by atoms with E-state index >= 15 is 0 Å². The Hall–Kier alpha value is 0.110. The summed E-state index contributed by atoms with van der Waals surface area (Å²) in [6.45, 7) is 0.974. The largest absolute Gasteiger partial charge is 0.297 e. The van der Waals surface area contributed by atoms with E-state index in [4.69, 9.17) is 23.2 Å². The van der Waals surface area contributed by atoms with Crippen molar-refractivity contribution in [3.8, 4) is 0 Å². The summed E-state index contributed by atoms with van der Waals surface area (Å²) in [4.78, 5) is 2.13. The lowest BCUT2D eigenvalue weighted by molar-refractivity contribution is 0.399. The molecule has 0 heterocycles. The lowest BCUT2D eigenvalue weighted by Crippen LogP contribution is -2.19. The second-order valence-electron chi connectivity index (χ2n) is 3.22. The molecule has 0 saturated heterocycles. The molecule has 0 bridgehead atoms. The van der Waals surface area contributed by atoms with Crippen LogP contribution in [0.2, 0.25) is 10.0 Å². The van der Waals surface area contributed by atoms with Crippen molar-refractivity contribution < 1.29 is 0 Å². The molecule has 0 radical (unpaired) electrons. The quantitative estimate of drug-likeness (QED) is 0.633. The highest BCUT2D eigenvalue weighted by Crippen LogP contribution is 2.22. The van der Waals surface area contributed by atoms with Crippen LogP contribution < -0.4 is 0 Å². The Morgan fingerprint density at radius 3 is 2.57 bits per heavy atom. The minimum atomic E-state index is 0.609. The molecular weight excluding hydrogens is 237 g/mol. The Bertz CT molecular complexity index is 304. The Morgan fingerprint density at radius 1 is 1.29 bits per heavy atom. The van der Waals surface area contributed by atoms with Gasteiger partial charge in [-0.3, -0.25) is 4.90 Å². The Kier molecular flexibility index (Phi) is 5.10. The Labute approximate surface area is 100 Å². The summed E-state index contributed by atoms with van der Waals surface area (Å²) in [7, 11) is 2.03. The highest BCUT2D eigenvalue weighted by Gasteiger charge is 2.00. The van der Waals surface area contributed by atoms with E-state index in [0.717, 1.165) is 18.8 Å². The van der Waals surface area contributed by atoms with Gasteiger partial charge in [0.2, 0.25) is 0 Å². The van der Waals surface area contributed by atoms with E-state index in [1.807, 2.05) is 25.2 Å². The van der Waals surface area contributed by atoms with E-state index in [1.165, 1.54) is 5.56 Å². The lowest BCUT2D eigenvalue weighted by Gasteiger charge is -2.12. The summed E-state index contributed by atoms with van der Waals surface area (Å²) in [6.07, 6.45) is 0.966. The molecular formula is C10H13Cl2NS. The van der Waals surface area contributed by atoms with Gasteiger partial charge in [-0.25, -0.2) is 0 Å². The van der Waals surface area contributed by atoms with Gasteiger partial charge >= 0.3 is 0 Å². The number of hydrogen-bond donors (Lipinski definition) is 1. The molecule has 0 fully saturated rings. The first-order valence-corrected chi connectivity index (χ1v) is 5.75. The van der Waals surface area contributed by atoms with Crippen molar-refractivity contribution >= 4 is 35.8 Å². The molecule has 1 rings (SSSR count). The van der Waals surface area contributed by atoms with Crippen molar-refractivity contribution in [2.45, 2.75) is 6.42 Å². The monoisotopic (exact) mass is 249 g/mol. The molecule has 0 amide bonds. The van der Waals surface area contributed by atoms with Crippen molar-refractivity contribution in [3.63, 3.8) is 0 Å². The number of nitrogens with zero attached hydrogens (tertiary/aromatic N) is 1. The first-order valence-electron chi connectivity index (χ1n) is 4.37. The normalized spacial score (nSPS) is 10.9. The highest BCUT2D eigenvalue weighted by molar-refractivity contribution is 7.80. The Morgan fingerprint density at radius 2 is 2.00 bits per heavy atom. The zero-order chi connectivity index (χ0) is 10.6. The van der Waals surface area contributed by atoms with E-state index in [2.05, 4.69) is 17.5 Å². The van der Waals surface area contributed by atoms with Crippen molar-refractivity contribution in [3.05, 3.63) is 33.8 Å². The number of halogens is 2. The predicted molar refractivity (Wildman–Crippen MR) is 66.6 cm³/mol. The van der Waals surface area contributed by atoms with Gasteiger partial charge in [0.05, 0.1) is 10.0 Å². The van der Waals surface area contributed by atoms with Crippen LogP contribution in [0.4, 0.5) is 0 Å². The third kappa shape index (κ3) is 3.70. The van der Waals surface area contributed by atoms with E-state index < -0.39 is 0 Å². The fourth-order valence-corrected chi connectivity index (χ4v) is 1.55. The average molecular weight is 250 g/mol. The van der Waals surface area contributed by atoms with Gasteiger partial charge in [0.25, 0.3) is 0 Å². The van der Waals surface area contributed by atoms with Crippen molar-refractivity contribution in [2.75, 3.05) is 19.5 Å². The molecule has 14 heavy (non-hydrogen) atoms. The van der Waals surface area contributed by atoms with Crippen LogP contribution in [0.5, 0.6) is 0 Å². The summed E-state index contributed by atoms with van der Waals surface area (Å²) in [5, 5.41) is 1.23. The second-order valence-corrected chi connectivity index (χ2v) is 4.32. The fraction of sp³-hybridized carbons (Fsp3) is 0.400. The molecule has 0 spiro atoms. The maximum absolute atomic E-state index is 5.90. The zero-order valence-corrected chi connectivity index (χ0v) is 10.4. The smallest absolute Gasteiger partial charge is 0.0595 e. The van der Waals surface area contributed by atoms with E-state index in [1.54, 1.807) is 0 Å². The third-order valence-corrected chi connectivity index (χ3v) is 3.23. The van der Waals surface area contributed by atoms with Gasteiger partial charge in [0, 0.05) is 12.4 Å². The number of likely N-dealkylation sites (N-methyl/N-ethyl adjacent to an activating group) is 1. The summed E-state index contributed by atoms with van der Waals surface area (Å²) in [5.74, 6) is 0.765. The topological polar surface area (TPSA) is 3.24 Å². The summed E-state index contributed by atoms with van der Waals surface area (Å²) >= 11 is 15.9. The summed E-state index contributed by atoms with van der Waals surface area (Å²) in [5.41, 5.74) is 1.20. The van der Waals surface area contributed by atoms with Crippen molar-refractivity contribution in [1.29, 1.82) is 0 Å². The summed E-state index contributed by atoms with van der Waals surface area (Å²) in [6, 6.07) is 5.75. The SMILES string of the molecule is CN(CS)CCc1ccc(Cl)c(Cl)c1. The maximum atomic E-state index is 5.90. The van der Waals surface area contributed by atoms with E-state index in [0.29, 0.717) is 10.0 Å². The third-order valence-electron chi connectivity index (χ3n) is 2.01. The minimum Gasteiger partial charge on any atom is -0.297 e. The van der Waals surface area contributed by atoms with Crippen LogP contribution in [-0.4, -0.2) is 24.4 Å². The van der Waals surface area contributed by atoms with Gasteiger partial charge in [0.1, 0.15) is 0 Å². The molecule has 0 saturated carbocycles. The number of thiol groups is 1. The molecule has 0 N–H and O–H groups in total. The molecule has 1 aromatic carbocycles. The molecule has 0 unspecified atom stereocenters. The average Bonchev–Trinajstić information content (AvgIpc) is 2.19. The first-order chi connectivity index (χ1) is 6.63. The van der Waals surface area contributed by atoms with Gasteiger partial charge in [0.15, 0.2) is 0 Å². The van der Waals surface area contributed by atoms with Crippen LogP contribution in [0.1, 0.15) is 5.56 Å². The fourth-order valence-electron chi connectivity index (χ4n) is 1.09. The molecule has 0 aliphatic carbocycles. The predicted octanol–water partition coefficient (Wildman–Crippen LogP) is 3.36. The number of hydrogen-bond acceptors (Lipinski definition) is 2. The van der Waals surface area contributed by atoms with E-state index in [9.17, 15) is 0 Å². The van der Waals surface area contributed by atoms with Crippen LogP contribution in [0.15, 0.2) is 18.2 Å². The number of rotatable bonds is 4. The molecule has 0 aliphatic heterocycles. The Balaban J connectivity index is 2.55. The molecule has 78 valence electrons. The van der Waals surface area contributed by atoms with Crippen LogP contribution in [0, 0.1) is 0 Å². The van der Waals surface area contributed by atoms with Gasteiger partial charge in [-0.15, -0.1) is 0 Å². The van der Waals surface area contributed by atoms with Crippen molar-refractivity contribution in [2.24, 2.45) is 0 Å². The van der Waals surface area contributed by atoms with E-state index in [-0.39, 0.29) is 0 Å². The molecule has 0 atom stereocenters. The van der Waals surface area contributed by atoms with Gasteiger partial charge in [-0.1, -0.05) is 29.3 Å². The van der Waals surface area contributed by atoms with Crippen molar-refractivity contribution in [1.82, 2.24) is 4.90 Å².